The molecule has 1 saturated carbocycles. The molecular formula is C16H20O3. The summed E-state index contributed by atoms with van der Waals surface area (Å²) in [7, 11) is 0. The van der Waals surface area contributed by atoms with Crippen molar-refractivity contribution >= 4 is 11.8 Å². The van der Waals surface area contributed by atoms with E-state index >= 15 is 0 Å². The Kier molecular flexibility index (Phi) is 4.72. The number of hydrogen-bond acceptors (Lipinski definition) is 3. The van der Waals surface area contributed by atoms with Crippen LogP contribution in [0.3, 0.4) is 0 Å². The lowest BCUT2D eigenvalue weighted by Gasteiger charge is -2.23. The first-order chi connectivity index (χ1) is 9.24. The van der Waals surface area contributed by atoms with Crippen LogP contribution in [-0.4, -0.2) is 18.4 Å². The number of benzene rings is 1. The molecule has 1 aliphatic carbocycles. The Morgan fingerprint density at radius 1 is 1.16 bits per heavy atom. The number of Topliss-reactive ketones (excluding diaryl/α,β-unsaturated/α-hetero) is 1. The molecule has 1 aliphatic rings. The number of carbonyl (C=O) groups is 2. The van der Waals surface area contributed by atoms with Crippen molar-refractivity contribution in [2.75, 3.05) is 6.61 Å². The van der Waals surface area contributed by atoms with Crippen LogP contribution in [0.2, 0.25) is 0 Å². The van der Waals surface area contributed by atoms with Gasteiger partial charge < -0.3 is 4.74 Å². The van der Waals surface area contributed by atoms with E-state index in [1.54, 1.807) is 19.1 Å². The molecule has 0 atom stereocenters. The average Bonchev–Trinajstić information content (AvgIpc) is 2.47. The normalized spacial score (nSPS) is 16.1. The summed E-state index contributed by atoms with van der Waals surface area (Å²) in [6, 6.07) is 7.45. The van der Waals surface area contributed by atoms with Gasteiger partial charge in [-0.05, 0) is 31.2 Å². The highest BCUT2D eigenvalue weighted by molar-refractivity contribution is 6.41. The van der Waals surface area contributed by atoms with Gasteiger partial charge in [-0.25, -0.2) is 4.79 Å². The highest BCUT2D eigenvalue weighted by atomic mass is 16.5. The van der Waals surface area contributed by atoms with Gasteiger partial charge in [-0.1, -0.05) is 43.5 Å². The fourth-order valence-electron chi connectivity index (χ4n) is 2.78. The molecule has 102 valence electrons. The summed E-state index contributed by atoms with van der Waals surface area (Å²) in [6.07, 6.45) is 5.88. The van der Waals surface area contributed by atoms with Crippen molar-refractivity contribution in [3.8, 4) is 0 Å². The zero-order valence-corrected chi connectivity index (χ0v) is 11.4. The molecule has 0 bridgehead atoms. The van der Waals surface area contributed by atoms with Gasteiger partial charge in [0.1, 0.15) is 0 Å². The van der Waals surface area contributed by atoms with Gasteiger partial charge in [0.05, 0.1) is 6.61 Å². The second kappa shape index (κ2) is 6.50. The molecule has 3 heteroatoms. The molecule has 1 fully saturated rings. The van der Waals surface area contributed by atoms with Gasteiger partial charge in [-0.15, -0.1) is 0 Å². The predicted molar refractivity (Wildman–Crippen MR) is 73.2 cm³/mol. The molecule has 0 spiro atoms. The molecule has 2 rings (SSSR count). The van der Waals surface area contributed by atoms with Gasteiger partial charge in [0.15, 0.2) is 0 Å². The van der Waals surface area contributed by atoms with E-state index in [2.05, 4.69) is 0 Å². The first-order valence-electron chi connectivity index (χ1n) is 7.04. The number of rotatable bonds is 4. The average molecular weight is 260 g/mol. The van der Waals surface area contributed by atoms with E-state index < -0.39 is 11.8 Å². The van der Waals surface area contributed by atoms with Crippen molar-refractivity contribution in [3.05, 3.63) is 35.4 Å². The first kappa shape index (κ1) is 13.8. The van der Waals surface area contributed by atoms with Crippen LogP contribution in [0.25, 0.3) is 0 Å². The topological polar surface area (TPSA) is 43.4 Å². The van der Waals surface area contributed by atoms with Crippen LogP contribution in [0, 0.1) is 0 Å². The fourth-order valence-corrected chi connectivity index (χ4v) is 2.78. The predicted octanol–water partition coefficient (Wildman–Crippen LogP) is 3.48. The van der Waals surface area contributed by atoms with Gasteiger partial charge in [0.2, 0.25) is 0 Å². The molecule has 0 N–H and O–H groups in total. The van der Waals surface area contributed by atoms with Crippen molar-refractivity contribution in [2.24, 2.45) is 0 Å². The molecule has 19 heavy (non-hydrogen) atoms. The minimum atomic E-state index is -0.745. The first-order valence-corrected chi connectivity index (χ1v) is 7.04. The molecule has 3 nitrogen and oxygen atoms in total. The van der Waals surface area contributed by atoms with E-state index in [-0.39, 0.29) is 6.61 Å². The van der Waals surface area contributed by atoms with Crippen molar-refractivity contribution < 1.29 is 14.3 Å². The minimum absolute atomic E-state index is 0.232. The molecule has 0 unspecified atom stereocenters. The molecule has 0 amide bonds. The summed E-state index contributed by atoms with van der Waals surface area (Å²) in [5.41, 5.74) is 1.54. The van der Waals surface area contributed by atoms with E-state index in [1.165, 1.54) is 19.3 Å². The van der Waals surface area contributed by atoms with E-state index in [1.807, 2.05) is 12.1 Å². The van der Waals surface area contributed by atoms with Crippen molar-refractivity contribution in [1.29, 1.82) is 0 Å². The van der Waals surface area contributed by atoms with E-state index in [0.717, 1.165) is 18.4 Å². The van der Waals surface area contributed by atoms with E-state index in [4.69, 9.17) is 4.74 Å². The lowest BCUT2D eigenvalue weighted by molar-refractivity contribution is -0.137. The van der Waals surface area contributed by atoms with Crippen LogP contribution in [0.15, 0.2) is 24.3 Å². The van der Waals surface area contributed by atoms with Crippen molar-refractivity contribution in [2.45, 2.75) is 44.9 Å². The van der Waals surface area contributed by atoms with Crippen LogP contribution in [-0.2, 0) is 9.53 Å². The highest BCUT2D eigenvalue weighted by Crippen LogP contribution is 2.34. The Hall–Kier alpha value is -1.64. The smallest absolute Gasteiger partial charge is 0.379 e. The summed E-state index contributed by atoms with van der Waals surface area (Å²) in [5.74, 6) is -0.850. The highest BCUT2D eigenvalue weighted by Gasteiger charge is 2.25. The number of carbonyl (C=O) groups excluding carboxylic acids is 2. The molecule has 0 heterocycles. The van der Waals surface area contributed by atoms with Crippen LogP contribution < -0.4 is 0 Å². The standard InChI is InChI=1S/C16H20O3/c1-2-19-16(18)15(17)14-11-7-6-10-13(14)12-8-4-3-5-9-12/h6-7,10-12H,2-5,8-9H2,1H3. The number of ether oxygens (including phenoxy) is 1. The Labute approximate surface area is 114 Å². The Morgan fingerprint density at radius 3 is 2.53 bits per heavy atom. The summed E-state index contributed by atoms with van der Waals surface area (Å²) in [5, 5.41) is 0. The van der Waals surface area contributed by atoms with Gasteiger partial charge >= 0.3 is 5.97 Å². The minimum Gasteiger partial charge on any atom is -0.460 e. The fraction of sp³-hybridized carbons (Fsp3) is 0.500. The number of esters is 1. The molecule has 1 aromatic rings. The van der Waals surface area contributed by atoms with E-state index in [0.29, 0.717) is 11.5 Å². The van der Waals surface area contributed by atoms with Crippen molar-refractivity contribution in [1.82, 2.24) is 0 Å². The summed E-state index contributed by atoms with van der Waals surface area (Å²) in [6.45, 7) is 1.94. The molecule has 1 aromatic carbocycles. The molecule has 0 radical (unpaired) electrons. The Morgan fingerprint density at radius 2 is 1.84 bits per heavy atom. The molecule has 0 saturated heterocycles. The van der Waals surface area contributed by atoms with Crippen LogP contribution >= 0.6 is 0 Å². The number of ketones is 1. The molecule has 0 aromatic heterocycles. The third-order valence-electron chi connectivity index (χ3n) is 3.71. The van der Waals surface area contributed by atoms with Crippen molar-refractivity contribution in [3.63, 3.8) is 0 Å². The Bertz CT molecular complexity index is 459. The third kappa shape index (κ3) is 3.22. The van der Waals surface area contributed by atoms with E-state index in [9.17, 15) is 9.59 Å². The SMILES string of the molecule is CCOC(=O)C(=O)c1ccccc1C1CCCCC1. The maximum Gasteiger partial charge on any atom is 0.379 e. The molecule has 0 aliphatic heterocycles. The Balaban J connectivity index is 2.24. The maximum absolute atomic E-state index is 12.1. The van der Waals surface area contributed by atoms with Crippen LogP contribution in [0.4, 0.5) is 0 Å². The zero-order valence-electron chi connectivity index (χ0n) is 11.4. The third-order valence-corrected chi connectivity index (χ3v) is 3.71. The lowest BCUT2D eigenvalue weighted by Crippen LogP contribution is -2.20. The quantitative estimate of drug-likeness (QED) is 0.473. The largest absolute Gasteiger partial charge is 0.460 e. The summed E-state index contributed by atoms with van der Waals surface area (Å²) < 4.78 is 4.81. The zero-order chi connectivity index (χ0) is 13.7. The van der Waals surface area contributed by atoms with Gasteiger partial charge in [0, 0.05) is 5.56 Å². The van der Waals surface area contributed by atoms with Gasteiger partial charge in [0.25, 0.3) is 5.78 Å². The second-order valence-electron chi connectivity index (χ2n) is 4.97. The maximum atomic E-state index is 12.1. The summed E-state index contributed by atoms with van der Waals surface area (Å²) >= 11 is 0. The monoisotopic (exact) mass is 260 g/mol. The molecular weight excluding hydrogens is 240 g/mol. The lowest BCUT2D eigenvalue weighted by atomic mass is 9.81. The van der Waals surface area contributed by atoms with Crippen LogP contribution in [0.1, 0.15) is 60.9 Å². The van der Waals surface area contributed by atoms with Gasteiger partial charge in [-0.2, -0.15) is 0 Å². The second-order valence-corrected chi connectivity index (χ2v) is 4.97. The number of hydrogen-bond donors (Lipinski definition) is 0. The van der Waals surface area contributed by atoms with Gasteiger partial charge in [-0.3, -0.25) is 4.79 Å². The summed E-state index contributed by atoms with van der Waals surface area (Å²) in [4.78, 5) is 23.7. The van der Waals surface area contributed by atoms with Crippen LogP contribution in [0.5, 0.6) is 0 Å².